The maximum absolute atomic E-state index is 12.1. The number of anilines is 2. The van der Waals surface area contributed by atoms with E-state index in [0.29, 0.717) is 0 Å². The Labute approximate surface area is 104 Å². The summed E-state index contributed by atoms with van der Waals surface area (Å²) in [5, 5.41) is 2.72. The summed E-state index contributed by atoms with van der Waals surface area (Å²) < 4.78 is 26.6. The second-order valence-corrected chi connectivity index (χ2v) is 4.95. The molecule has 2 aromatic rings. The minimum atomic E-state index is -3.73. The molecule has 0 atom stereocenters. The van der Waals surface area contributed by atoms with Crippen molar-refractivity contribution in [3.63, 3.8) is 0 Å². The Hall–Kier alpha value is -2.22. The highest BCUT2D eigenvalue weighted by Gasteiger charge is 2.19. The molecule has 0 aliphatic heterocycles. The Morgan fingerprint density at radius 3 is 2.67 bits per heavy atom. The Balaban J connectivity index is 2.37. The number of aromatic nitrogens is 3. The van der Waals surface area contributed by atoms with Crippen molar-refractivity contribution in [3.8, 4) is 0 Å². The second kappa shape index (κ2) is 4.96. The lowest BCUT2D eigenvalue weighted by Crippen LogP contribution is -2.16. The number of hydrogen-bond donors (Lipinski definition) is 2. The maximum atomic E-state index is 12.1. The molecular formula is C10H11N5O2S. The lowest BCUT2D eigenvalue weighted by molar-refractivity contribution is 0.601. The quantitative estimate of drug-likeness (QED) is 0.845. The molecular weight excluding hydrogens is 254 g/mol. The van der Waals surface area contributed by atoms with E-state index in [-0.39, 0.29) is 16.5 Å². The monoisotopic (exact) mass is 265 g/mol. The summed E-state index contributed by atoms with van der Waals surface area (Å²) in [7, 11) is -2.13. The van der Waals surface area contributed by atoms with Gasteiger partial charge < -0.3 is 5.32 Å². The molecule has 0 bridgehead atoms. The van der Waals surface area contributed by atoms with E-state index in [1.165, 1.54) is 30.9 Å². The summed E-state index contributed by atoms with van der Waals surface area (Å²) in [6, 6.07) is 3.00. The Morgan fingerprint density at radius 1 is 1.17 bits per heavy atom. The zero-order valence-electron chi connectivity index (χ0n) is 9.53. The van der Waals surface area contributed by atoms with E-state index in [1.54, 1.807) is 13.1 Å². The highest BCUT2D eigenvalue weighted by atomic mass is 32.2. The minimum Gasteiger partial charge on any atom is -0.372 e. The van der Waals surface area contributed by atoms with Crippen LogP contribution in [0.5, 0.6) is 0 Å². The van der Waals surface area contributed by atoms with Crippen molar-refractivity contribution in [2.24, 2.45) is 0 Å². The molecule has 0 unspecified atom stereocenters. The van der Waals surface area contributed by atoms with Crippen LogP contribution in [0.3, 0.4) is 0 Å². The van der Waals surface area contributed by atoms with E-state index in [1.807, 2.05) is 0 Å². The van der Waals surface area contributed by atoms with Crippen molar-refractivity contribution in [1.29, 1.82) is 0 Å². The average molecular weight is 265 g/mol. The number of rotatable bonds is 4. The predicted octanol–water partition coefficient (Wildman–Crippen LogP) is 0.714. The van der Waals surface area contributed by atoms with Gasteiger partial charge in [0.2, 0.25) is 0 Å². The van der Waals surface area contributed by atoms with Crippen LogP contribution in [0.2, 0.25) is 0 Å². The summed E-state index contributed by atoms with van der Waals surface area (Å²) in [5.41, 5.74) is 0. The van der Waals surface area contributed by atoms with E-state index in [2.05, 4.69) is 25.0 Å². The van der Waals surface area contributed by atoms with Gasteiger partial charge in [-0.25, -0.2) is 18.4 Å². The summed E-state index contributed by atoms with van der Waals surface area (Å²) >= 11 is 0. The van der Waals surface area contributed by atoms with E-state index in [0.717, 1.165) is 0 Å². The molecule has 0 saturated carbocycles. The fourth-order valence-electron chi connectivity index (χ4n) is 1.34. The molecule has 0 aliphatic carbocycles. The van der Waals surface area contributed by atoms with Crippen molar-refractivity contribution < 1.29 is 8.42 Å². The van der Waals surface area contributed by atoms with Crippen molar-refractivity contribution in [3.05, 3.63) is 36.9 Å². The summed E-state index contributed by atoms with van der Waals surface area (Å²) in [6.45, 7) is 0. The molecule has 94 valence electrons. The zero-order chi connectivity index (χ0) is 13.0. The van der Waals surface area contributed by atoms with Crippen molar-refractivity contribution in [2.45, 2.75) is 4.90 Å². The first-order chi connectivity index (χ1) is 8.63. The normalized spacial score (nSPS) is 10.9. The molecule has 0 saturated heterocycles. The molecule has 0 amide bonds. The van der Waals surface area contributed by atoms with Crippen LogP contribution >= 0.6 is 0 Å². The van der Waals surface area contributed by atoms with Crippen LogP contribution in [-0.4, -0.2) is 30.4 Å². The van der Waals surface area contributed by atoms with Gasteiger partial charge in [-0.15, -0.1) is 0 Å². The molecule has 2 aromatic heterocycles. The van der Waals surface area contributed by atoms with Gasteiger partial charge in [-0.1, -0.05) is 0 Å². The van der Waals surface area contributed by atoms with Crippen molar-refractivity contribution in [2.75, 3.05) is 17.1 Å². The van der Waals surface area contributed by atoms with Gasteiger partial charge in [0.05, 0.1) is 6.20 Å². The van der Waals surface area contributed by atoms with E-state index < -0.39 is 10.0 Å². The number of sulfonamides is 1. The van der Waals surface area contributed by atoms with E-state index in [9.17, 15) is 8.42 Å². The van der Waals surface area contributed by atoms with Crippen LogP contribution < -0.4 is 10.0 Å². The van der Waals surface area contributed by atoms with Gasteiger partial charge >= 0.3 is 0 Å². The Bertz CT molecular complexity index is 630. The van der Waals surface area contributed by atoms with Crippen LogP contribution in [0, 0.1) is 0 Å². The van der Waals surface area contributed by atoms with Gasteiger partial charge in [0.15, 0.2) is 5.82 Å². The number of nitrogens with zero attached hydrogens (tertiary/aromatic N) is 3. The van der Waals surface area contributed by atoms with E-state index in [4.69, 9.17) is 0 Å². The predicted molar refractivity (Wildman–Crippen MR) is 66.6 cm³/mol. The molecule has 0 aliphatic rings. The highest BCUT2D eigenvalue weighted by molar-refractivity contribution is 7.92. The first kappa shape index (κ1) is 12.2. The molecule has 8 heteroatoms. The molecule has 18 heavy (non-hydrogen) atoms. The molecule has 0 aromatic carbocycles. The van der Waals surface area contributed by atoms with Gasteiger partial charge in [-0.3, -0.25) is 9.71 Å². The maximum Gasteiger partial charge on any atom is 0.266 e. The van der Waals surface area contributed by atoms with Crippen molar-refractivity contribution >= 4 is 21.7 Å². The lowest BCUT2D eigenvalue weighted by atomic mass is 10.5. The van der Waals surface area contributed by atoms with Gasteiger partial charge in [0.25, 0.3) is 10.0 Å². The molecule has 0 spiro atoms. The zero-order valence-corrected chi connectivity index (χ0v) is 10.3. The number of pyridine rings is 1. The molecule has 2 N–H and O–H groups in total. The molecule has 7 nitrogen and oxygen atoms in total. The molecule has 2 rings (SSSR count). The summed E-state index contributed by atoms with van der Waals surface area (Å²) in [6.07, 6.45) is 5.70. The third-order valence-electron chi connectivity index (χ3n) is 2.10. The molecule has 0 radical (unpaired) electrons. The van der Waals surface area contributed by atoms with Crippen LogP contribution in [0.1, 0.15) is 0 Å². The topological polar surface area (TPSA) is 96.9 Å². The van der Waals surface area contributed by atoms with E-state index >= 15 is 0 Å². The first-order valence-electron chi connectivity index (χ1n) is 5.05. The lowest BCUT2D eigenvalue weighted by Gasteiger charge is -2.09. The van der Waals surface area contributed by atoms with Crippen LogP contribution in [0.15, 0.2) is 41.8 Å². The second-order valence-electron chi connectivity index (χ2n) is 3.30. The minimum absolute atomic E-state index is 0.0538. The fourth-order valence-corrected chi connectivity index (χ4v) is 2.50. The van der Waals surface area contributed by atoms with Crippen LogP contribution in [-0.2, 0) is 10.0 Å². The fraction of sp³-hybridized carbons (Fsp3) is 0.100. The summed E-state index contributed by atoms with van der Waals surface area (Å²) in [4.78, 5) is 11.6. The third-order valence-corrected chi connectivity index (χ3v) is 3.49. The Kier molecular flexibility index (Phi) is 3.38. The summed E-state index contributed by atoms with van der Waals surface area (Å²) in [5.74, 6) is 0.428. The van der Waals surface area contributed by atoms with Gasteiger partial charge in [-0.2, -0.15) is 0 Å². The van der Waals surface area contributed by atoms with Crippen LogP contribution in [0.25, 0.3) is 0 Å². The van der Waals surface area contributed by atoms with Gasteiger partial charge in [0, 0.05) is 25.6 Å². The largest absolute Gasteiger partial charge is 0.372 e. The van der Waals surface area contributed by atoms with Crippen LogP contribution in [0.4, 0.5) is 11.6 Å². The first-order valence-corrected chi connectivity index (χ1v) is 6.53. The molecule has 0 fully saturated rings. The molecule has 2 heterocycles. The number of nitrogens with one attached hydrogen (secondary N) is 2. The van der Waals surface area contributed by atoms with Gasteiger partial charge in [0.1, 0.15) is 10.7 Å². The highest BCUT2D eigenvalue weighted by Crippen LogP contribution is 2.19. The van der Waals surface area contributed by atoms with Gasteiger partial charge in [-0.05, 0) is 12.1 Å². The standard InChI is InChI=1S/C10H11N5O2S/c1-11-10-8(3-2-4-14-10)18(16,17)15-9-7-12-5-6-13-9/h2-7H,1H3,(H,11,14)(H,13,15). The third kappa shape index (κ3) is 2.54. The SMILES string of the molecule is CNc1ncccc1S(=O)(=O)Nc1cnccn1. The average Bonchev–Trinajstić information content (AvgIpc) is 2.39. The number of hydrogen-bond acceptors (Lipinski definition) is 6. The smallest absolute Gasteiger partial charge is 0.266 e. The Morgan fingerprint density at radius 2 is 2.00 bits per heavy atom. The van der Waals surface area contributed by atoms with Crippen molar-refractivity contribution in [1.82, 2.24) is 15.0 Å².